The number of carboxylic acids is 1. The smallest absolute Gasteiger partial charge is 0.306 e. The van der Waals surface area contributed by atoms with Gasteiger partial charge >= 0.3 is 5.97 Å². The third-order valence-corrected chi connectivity index (χ3v) is 9.00. The highest BCUT2D eigenvalue weighted by Crippen LogP contribution is 2.49. The average molecular weight is 582 g/mol. The lowest BCUT2D eigenvalue weighted by Gasteiger charge is -2.29. The number of halogens is 1. The Morgan fingerprint density at radius 2 is 1.83 bits per heavy atom. The number of aromatic nitrogens is 1. The summed E-state index contributed by atoms with van der Waals surface area (Å²) in [7, 11) is 1.67. The molecule has 0 atom stereocenters. The van der Waals surface area contributed by atoms with Crippen LogP contribution >= 0.6 is 12.4 Å². The fourth-order valence-corrected chi connectivity index (χ4v) is 6.88. The monoisotopic (exact) mass is 581 g/mol. The third kappa shape index (κ3) is 5.77. The predicted octanol–water partition coefficient (Wildman–Crippen LogP) is 5.71. The molecular weight excluding hydrogens is 542 g/mol. The van der Waals surface area contributed by atoms with Crippen molar-refractivity contribution in [3.05, 3.63) is 47.5 Å². The number of likely N-dealkylation sites (tertiary alicyclic amines) is 1. The van der Waals surface area contributed by atoms with E-state index < -0.39 is 5.97 Å². The van der Waals surface area contributed by atoms with E-state index in [-0.39, 0.29) is 24.2 Å². The minimum Gasteiger partial charge on any atom is -0.488 e. The molecule has 1 saturated heterocycles. The Balaban J connectivity index is 0.00000337. The zero-order valence-corrected chi connectivity index (χ0v) is 24.5. The number of carbonyl (C=O) groups is 2. The van der Waals surface area contributed by atoms with Crippen LogP contribution in [0, 0.1) is 5.92 Å². The minimum absolute atomic E-state index is 0. The van der Waals surface area contributed by atoms with Crippen LogP contribution in [0.4, 0.5) is 0 Å². The number of hydrogen-bond acceptors (Lipinski definition) is 5. The van der Waals surface area contributed by atoms with Gasteiger partial charge in [0, 0.05) is 35.6 Å². The van der Waals surface area contributed by atoms with Crippen LogP contribution in [0.2, 0.25) is 0 Å². The Labute approximate surface area is 247 Å². The van der Waals surface area contributed by atoms with Crippen molar-refractivity contribution < 1.29 is 24.2 Å². The van der Waals surface area contributed by atoms with E-state index in [2.05, 4.69) is 26.9 Å². The van der Waals surface area contributed by atoms with Gasteiger partial charge in [0.05, 0.1) is 18.2 Å². The van der Waals surface area contributed by atoms with Crippen molar-refractivity contribution in [3.8, 4) is 22.8 Å². The lowest BCUT2D eigenvalue weighted by atomic mass is 9.81. The average Bonchev–Trinajstić information content (AvgIpc) is 3.18. The second-order valence-electron chi connectivity index (χ2n) is 11.3. The van der Waals surface area contributed by atoms with Crippen LogP contribution in [0.25, 0.3) is 22.2 Å². The molecule has 2 N–H and O–H groups in total. The van der Waals surface area contributed by atoms with Gasteiger partial charge in [-0.15, -0.1) is 12.4 Å². The summed E-state index contributed by atoms with van der Waals surface area (Å²) in [6.07, 6.45) is 7.50. The summed E-state index contributed by atoms with van der Waals surface area (Å²) in [5, 5.41) is 13.3. The van der Waals surface area contributed by atoms with Crippen LogP contribution in [0.3, 0.4) is 0 Å². The molecule has 3 aliphatic rings. The normalized spacial score (nSPS) is 18.0. The predicted molar refractivity (Wildman–Crippen MR) is 162 cm³/mol. The number of benzene rings is 2. The molecule has 8 nitrogen and oxygen atoms in total. The van der Waals surface area contributed by atoms with E-state index >= 15 is 0 Å². The molecule has 3 aromatic rings. The zero-order valence-electron chi connectivity index (χ0n) is 23.7. The molecule has 1 amide bonds. The second-order valence-corrected chi connectivity index (χ2v) is 11.3. The topological polar surface area (TPSA) is 93.0 Å². The molecule has 9 heteroatoms. The van der Waals surface area contributed by atoms with Crippen LogP contribution in [-0.4, -0.2) is 66.3 Å². The van der Waals surface area contributed by atoms with Gasteiger partial charge in [0.15, 0.2) is 11.5 Å². The summed E-state index contributed by atoms with van der Waals surface area (Å²) in [6.45, 7) is 4.06. The molecule has 6 rings (SSSR count). The summed E-state index contributed by atoms with van der Waals surface area (Å²) in [6, 6.07) is 12.3. The highest BCUT2D eigenvalue weighted by molar-refractivity contribution is 6.01. The summed E-state index contributed by atoms with van der Waals surface area (Å²) in [5.74, 6) is 1.02. The van der Waals surface area contributed by atoms with Crippen LogP contribution in [0.15, 0.2) is 36.4 Å². The van der Waals surface area contributed by atoms with Crippen molar-refractivity contribution in [2.45, 2.75) is 57.4 Å². The summed E-state index contributed by atoms with van der Waals surface area (Å²) in [4.78, 5) is 26.1. The number of aliphatic carboxylic acids is 1. The van der Waals surface area contributed by atoms with E-state index in [0.717, 1.165) is 42.2 Å². The van der Waals surface area contributed by atoms with E-state index in [4.69, 9.17) is 9.47 Å². The van der Waals surface area contributed by atoms with Crippen molar-refractivity contribution in [1.82, 2.24) is 14.8 Å². The summed E-state index contributed by atoms with van der Waals surface area (Å²) in [5.41, 5.74) is 5.38. The van der Waals surface area contributed by atoms with E-state index in [0.29, 0.717) is 44.1 Å². The Morgan fingerprint density at radius 1 is 1.05 bits per heavy atom. The Hall–Kier alpha value is -3.23. The largest absolute Gasteiger partial charge is 0.488 e. The Morgan fingerprint density at radius 3 is 2.56 bits per heavy atom. The maximum atomic E-state index is 12.5. The van der Waals surface area contributed by atoms with Gasteiger partial charge in [-0.25, -0.2) is 0 Å². The Kier molecular flexibility index (Phi) is 9.09. The molecular formula is C32H40ClN3O5. The van der Waals surface area contributed by atoms with Crippen molar-refractivity contribution in [2.75, 3.05) is 39.9 Å². The molecule has 2 fully saturated rings. The number of hydrogen-bond donors (Lipinski definition) is 2. The first-order valence-electron chi connectivity index (χ1n) is 14.8. The fraction of sp³-hybridized carbons (Fsp3) is 0.500. The molecule has 1 aliphatic carbocycles. The van der Waals surface area contributed by atoms with E-state index in [1.807, 2.05) is 24.3 Å². The van der Waals surface area contributed by atoms with Gasteiger partial charge < -0.3 is 24.5 Å². The molecule has 0 spiro atoms. The summed E-state index contributed by atoms with van der Waals surface area (Å²) < 4.78 is 15.1. The van der Waals surface area contributed by atoms with E-state index in [1.165, 1.54) is 48.7 Å². The highest BCUT2D eigenvalue weighted by atomic mass is 35.5. The number of nitrogens with one attached hydrogen (secondary N) is 1. The lowest BCUT2D eigenvalue weighted by molar-refractivity contribution is -0.143. The standard InChI is InChI=1S/C32H39N3O5.ClH/c1-33-31(36)23-10-11-24-26(20-23)35-17-19-40-30-25(29(35)28(24)21-6-3-2-4-7-21)8-5-9-27(30)39-18-16-34-14-12-22(13-15-34)32(37)38;/h5,8-11,20-22H,2-4,6-7,12-19H2,1H3,(H,33,36)(H,37,38);1H. The van der Waals surface area contributed by atoms with Gasteiger partial charge in [0.1, 0.15) is 13.2 Å². The number of carboxylic acid groups (broad SMARTS) is 1. The highest BCUT2D eigenvalue weighted by Gasteiger charge is 2.31. The van der Waals surface area contributed by atoms with Gasteiger partial charge in [-0.3, -0.25) is 14.5 Å². The van der Waals surface area contributed by atoms with Crippen LogP contribution < -0.4 is 14.8 Å². The SMILES string of the molecule is CNC(=O)c1ccc2c(C3CCCCC3)c3n(c2c1)CCOc1c(OCCN2CCC(C(=O)O)CC2)cccc1-3.Cl. The maximum absolute atomic E-state index is 12.5. The first-order chi connectivity index (χ1) is 19.5. The first kappa shape index (κ1) is 29.3. The molecule has 0 bridgehead atoms. The molecule has 1 aromatic heterocycles. The quantitative estimate of drug-likeness (QED) is 0.371. The molecule has 2 aromatic carbocycles. The molecule has 41 heavy (non-hydrogen) atoms. The van der Waals surface area contributed by atoms with Crippen LogP contribution in [0.5, 0.6) is 11.5 Å². The van der Waals surface area contributed by atoms with Crippen molar-refractivity contribution in [2.24, 2.45) is 5.92 Å². The van der Waals surface area contributed by atoms with Crippen molar-refractivity contribution in [1.29, 1.82) is 0 Å². The van der Waals surface area contributed by atoms with Crippen molar-refractivity contribution in [3.63, 3.8) is 0 Å². The first-order valence-corrected chi connectivity index (χ1v) is 14.8. The van der Waals surface area contributed by atoms with Gasteiger partial charge in [-0.2, -0.15) is 0 Å². The maximum Gasteiger partial charge on any atom is 0.306 e. The molecule has 3 heterocycles. The number of nitrogens with zero attached hydrogens (tertiary/aromatic N) is 2. The van der Waals surface area contributed by atoms with Crippen LogP contribution in [-0.2, 0) is 11.3 Å². The molecule has 220 valence electrons. The number of para-hydroxylation sites is 1. The number of rotatable bonds is 7. The van der Waals surface area contributed by atoms with E-state index in [1.54, 1.807) is 7.05 Å². The minimum atomic E-state index is -0.685. The van der Waals surface area contributed by atoms with E-state index in [9.17, 15) is 14.7 Å². The summed E-state index contributed by atoms with van der Waals surface area (Å²) >= 11 is 0. The Bertz CT molecular complexity index is 1410. The fourth-order valence-electron chi connectivity index (χ4n) is 6.88. The van der Waals surface area contributed by atoms with Crippen molar-refractivity contribution >= 4 is 35.2 Å². The number of fused-ring (bicyclic) bond motifs is 5. The third-order valence-electron chi connectivity index (χ3n) is 9.00. The zero-order chi connectivity index (χ0) is 27.6. The van der Waals surface area contributed by atoms with Gasteiger partial charge in [-0.1, -0.05) is 31.4 Å². The number of ether oxygens (including phenoxy) is 2. The number of amides is 1. The molecule has 0 unspecified atom stereocenters. The van der Waals surface area contributed by atoms with Gasteiger partial charge in [0.25, 0.3) is 5.91 Å². The van der Waals surface area contributed by atoms with Crippen LogP contribution in [0.1, 0.15) is 66.8 Å². The number of piperidine rings is 1. The van der Waals surface area contributed by atoms with Gasteiger partial charge in [0.2, 0.25) is 0 Å². The molecule has 2 aliphatic heterocycles. The van der Waals surface area contributed by atoms with Gasteiger partial charge in [-0.05, 0) is 74.5 Å². The number of carbonyl (C=O) groups excluding carboxylic acids is 1. The lowest BCUT2D eigenvalue weighted by Crippen LogP contribution is -2.38. The second kappa shape index (κ2) is 12.7. The molecule has 0 radical (unpaired) electrons. The molecule has 1 saturated carbocycles.